The molecule has 114 valence electrons. The molecule has 7 nitrogen and oxygen atoms in total. The third-order valence-electron chi connectivity index (χ3n) is 3.31. The summed E-state index contributed by atoms with van der Waals surface area (Å²) in [6, 6.07) is 0.000520. The van der Waals surface area contributed by atoms with E-state index in [1.165, 1.54) is 6.07 Å². The number of fused-ring (bicyclic) bond motifs is 1. The average Bonchev–Trinajstić information content (AvgIpc) is 2.70. The van der Waals surface area contributed by atoms with Crippen molar-refractivity contribution in [3.05, 3.63) is 22.2 Å². The standard InChI is InChI=1S/C13H15ClN2O5/c1-5-9-10(12(18)16-5)8(4-7(17)11(9)14)21-3-2-6(15)13(19)20/h4-6,17H,2-3,15H2,1H3,(H,16,18)(H,19,20)/t5-,6+/m1/s1. The normalized spacial score (nSPS) is 18.0. The Morgan fingerprint density at radius 3 is 2.95 bits per heavy atom. The van der Waals surface area contributed by atoms with Gasteiger partial charge in [-0.25, -0.2) is 0 Å². The molecule has 1 amide bonds. The molecule has 0 aliphatic carbocycles. The van der Waals surface area contributed by atoms with E-state index in [0.717, 1.165) is 0 Å². The van der Waals surface area contributed by atoms with Crippen LogP contribution in [0.5, 0.6) is 11.5 Å². The fourth-order valence-electron chi connectivity index (χ4n) is 2.16. The smallest absolute Gasteiger partial charge is 0.255 e. The Balaban J connectivity index is 2.23. The van der Waals surface area contributed by atoms with Gasteiger partial charge >= 0.3 is 0 Å². The Morgan fingerprint density at radius 1 is 1.67 bits per heavy atom. The summed E-state index contributed by atoms with van der Waals surface area (Å²) >= 11 is 6.00. The molecule has 0 saturated heterocycles. The van der Waals surface area contributed by atoms with E-state index in [9.17, 15) is 19.8 Å². The molecule has 0 bridgehead atoms. The van der Waals surface area contributed by atoms with Crippen molar-refractivity contribution < 1.29 is 30.3 Å². The van der Waals surface area contributed by atoms with Crippen LogP contribution in [0.1, 0.15) is 35.3 Å². The van der Waals surface area contributed by atoms with Crippen molar-refractivity contribution in [2.75, 3.05) is 6.61 Å². The molecule has 0 saturated carbocycles. The molecular weight excluding hydrogens is 300 g/mol. The van der Waals surface area contributed by atoms with Gasteiger partial charge in [0, 0.05) is 18.1 Å². The summed E-state index contributed by atoms with van der Waals surface area (Å²) in [6.07, 6.45) is 0.123. The summed E-state index contributed by atoms with van der Waals surface area (Å²) in [4.78, 5) is 22.5. The van der Waals surface area contributed by atoms with Gasteiger partial charge < -0.3 is 30.8 Å². The van der Waals surface area contributed by atoms with Gasteiger partial charge in [0.15, 0.2) is 0 Å². The molecule has 1 aromatic carbocycles. The number of aromatic hydroxyl groups is 1. The van der Waals surface area contributed by atoms with Crippen LogP contribution in [0.15, 0.2) is 6.07 Å². The maximum absolute atomic E-state index is 11.9. The Labute approximate surface area is 125 Å². The molecule has 0 spiro atoms. The topological polar surface area (TPSA) is 126 Å². The molecule has 0 radical (unpaired) electrons. The number of aliphatic carboxylic acids is 1. The number of carboxylic acid groups (broad SMARTS) is 1. The monoisotopic (exact) mass is 314 g/mol. The number of carbonyl (C=O) groups excluding carboxylic acids is 2. The molecule has 0 aromatic heterocycles. The number of ether oxygens (including phenoxy) is 1. The molecule has 1 aliphatic rings. The third-order valence-corrected chi connectivity index (χ3v) is 3.71. The van der Waals surface area contributed by atoms with E-state index in [-0.39, 0.29) is 47.1 Å². The van der Waals surface area contributed by atoms with Crippen LogP contribution >= 0.6 is 11.6 Å². The fraction of sp³-hybridized carbons (Fsp3) is 0.385. The van der Waals surface area contributed by atoms with Gasteiger partial charge in [-0.3, -0.25) is 4.79 Å². The van der Waals surface area contributed by atoms with Crippen LogP contribution in [0.3, 0.4) is 0 Å². The van der Waals surface area contributed by atoms with Gasteiger partial charge in [-0.05, 0) is 6.92 Å². The van der Waals surface area contributed by atoms with Gasteiger partial charge in [-0.1, -0.05) is 11.6 Å². The molecule has 8 heteroatoms. The first-order chi connectivity index (χ1) is 9.82. The van der Waals surface area contributed by atoms with Gasteiger partial charge in [0.25, 0.3) is 5.91 Å². The minimum atomic E-state index is -1.27. The summed E-state index contributed by atoms with van der Waals surface area (Å²) in [6.45, 7) is 1.76. The minimum absolute atomic E-state index is 0.0251. The van der Waals surface area contributed by atoms with Gasteiger partial charge in [-0.15, -0.1) is 0 Å². The number of phenolic OH excluding ortho intramolecular Hbond substituents is 1. The molecule has 0 unspecified atom stereocenters. The molecule has 0 fully saturated rings. The number of benzene rings is 1. The summed E-state index contributed by atoms with van der Waals surface area (Å²) in [5, 5.41) is 23.2. The highest BCUT2D eigenvalue weighted by atomic mass is 35.5. The number of carboxylic acids is 1. The van der Waals surface area contributed by atoms with Gasteiger partial charge in [0.1, 0.15) is 17.5 Å². The number of phenols is 1. The largest absolute Gasteiger partial charge is 0.544 e. The molecular formula is C13H15ClN2O5. The second-order valence-electron chi connectivity index (χ2n) is 4.84. The van der Waals surface area contributed by atoms with Crippen molar-refractivity contribution in [1.82, 2.24) is 5.32 Å². The van der Waals surface area contributed by atoms with Crippen LogP contribution in [-0.4, -0.2) is 29.6 Å². The minimum Gasteiger partial charge on any atom is -0.544 e. The zero-order valence-electron chi connectivity index (χ0n) is 11.3. The summed E-state index contributed by atoms with van der Waals surface area (Å²) in [7, 11) is 0. The summed E-state index contributed by atoms with van der Waals surface area (Å²) in [5.41, 5.74) is 4.15. The van der Waals surface area contributed by atoms with E-state index in [1.54, 1.807) is 6.92 Å². The maximum atomic E-state index is 11.9. The second-order valence-corrected chi connectivity index (χ2v) is 5.22. The molecule has 1 aromatic rings. The number of halogens is 1. The number of carbonyl (C=O) groups is 2. The van der Waals surface area contributed by atoms with Crippen LogP contribution in [-0.2, 0) is 4.79 Å². The fourth-order valence-corrected chi connectivity index (χ4v) is 2.48. The lowest BCUT2D eigenvalue weighted by Crippen LogP contribution is -2.68. The highest BCUT2D eigenvalue weighted by Gasteiger charge is 2.33. The Hall–Kier alpha value is -1.99. The van der Waals surface area contributed by atoms with E-state index in [4.69, 9.17) is 16.3 Å². The lowest BCUT2D eigenvalue weighted by Gasteiger charge is -2.14. The van der Waals surface area contributed by atoms with E-state index in [0.29, 0.717) is 5.56 Å². The molecule has 1 aliphatic heterocycles. The Morgan fingerprint density at radius 2 is 2.33 bits per heavy atom. The van der Waals surface area contributed by atoms with Gasteiger partial charge in [0.2, 0.25) is 0 Å². The van der Waals surface area contributed by atoms with Crippen molar-refractivity contribution in [3.63, 3.8) is 0 Å². The van der Waals surface area contributed by atoms with Crippen LogP contribution in [0.25, 0.3) is 0 Å². The number of hydrogen-bond donors (Lipinski definition) is 3. The van der Waals surface area contributed by atoms with E-state index < -0.39 is 12.0 Å². The maximum Gasteiger partial charge on any atom is 0.255 e. The van der Waals surface area contributed by atoms with Crippen molar-refractivity contribution in [2.24, 2.45) is 0 Å². The van der Waals surface area contributed by atoms with Crippen LogP contribution in [0.4, 0.5) is 0 Å². The first kappa shape index (κ1) is 15.4. The summed E-state index contributed by atoms with van der Waals surface area (Å²) < 4.78 is 5.41. The number of nitrogens with one attached hydrogen (secondary N) is 1. The Bertz CT molecular complexity index is 605. The lowest BCUT2D eigenvalue weighted by molar-refractivity contribution is -0.438. The number of rotatable bonds is 5. The van der Waals surface area contributed by atoms with Crippen molar-refractivity contribution in [3.8, 4) is 11.5 Å². The van der Waals surface area contributed by atoms with Crippen molar-refractivity contribution >= 4 is 23.5 Å². The molecule has 21 heavy (non-hydrogen) atoms. The predicted octanol–water partition coefficient (Wildman–Crippen LogP) is -1.02. The van der Waals surface area contributed by atoms with Crippen LogP contribution in [0.2, 0.25) is 5.02 Å². The van der Waals surface area contributed by atoms with Crippen LogP contribution < -0.4 is 20.9 Å². The lowest BCUT2D eigenvalue weighted by atomic mass is 10.0. The van der Waals surface area contributed by atoms with E-state index in [2.05, 4.69) is 11.1 Å². The third kappa shape index (κ3) is 2.88. The highest BCUT2D eigenvalue weighted by molar-refractivity contribution is 6.33. The molecule has 2 atom stereocenters. The van der Waals surface area contributed by atoms with Crippen molar-refractivity contribution in [2.45, 2.75) is 25.4 Å². The molecule has 1 heterocycles. The second kappa shape index (κ2) is 5.79. The SMILES string of the molecule is C[C@H]1NC(=O)c2c(OCC[C@H]([NH3+])C(=O)[O-])cc(O)c(Cl)c21. The predicted molar refractivity (Wildman–Crippen MR) is 70.8 cm³/mol. The quantitative estimate of drug-likeness (QED) is 0.641. The van der Waals surface area contributed by atoms with E-state index in [1.807, 2.05) is 0 Å². The summed E-state index contributed by atoms with van der Waals surface area (Å²) in [5.74, 6) is -1.64. The number of amides is 1. The first-order valence-electron chi connectivity index (χ1n) is 6.35. The number of quaternary nitrogens is 1. The molecule has 5 N–H and O–H groups in total. The zero-order chi connectivity index (χ0) is 15.7. The Kier molecular flexibility index (Phi) is 4.24. The molecule has 2 rings (SSSR count). The first-order valence-corrected chi connectivity index (χ1v) is 6.73. The average molecular weight is 315 g/mol. The van der Waals surface area contributed by atoms with Gasteiger partial charge in [0.05, 0.1) is 29.2 Å². The van der Waals surface area contributed by atoms with E-state index >= 15 is 0 Å². The van der Waals surface area contributed by atoms with Gasteiger partial charge in [-0.2, -0.15) is 0 Å². The number of hydrogen-bond acceptors (Lipinski definition) is 5. The highest BCUT2D eigenvalue weighted by Crippen LogP contribution is 2.42. The van der Waals surface area contributed by atoms with Crippen LogP contribution in [0, 0.1) is 0 Å². The van der Waals surface area contributed by atoms with Crippen molar-refractivity contribution in [1.29, 1.82) is 0 Å². The zero-order valence-corrected chi connectivity index (χ0v) is 12.1.